The molecule has 2 atom stereocenters. The monoisotopic (exact) mass is 400 g/mol. The van der Waals surface area contributed by atoms with Gasteiger partial charge in [-0.05, 0) is 56.7 Å². The number of piperidine rings is 2. The number of carbonyl (C=O) groups is 2. The minimum atomic E-state index is -0.263. The van der Waals surface area contributed by atoms with Crippen LogP contribution in [0.15, 0.2) is 24.3 Å². The van der Waals surface area contributed by atoms with Gasteiger partial charge in [-0.25, -0.2) is 0 Å². The summed E-state index contributed by atoms with van der Waals surface area (Å²) in [6.45, 7) is 2.72. The van der Waals surface area contributed by atoms with Gasteiger partial charge in [0.1, 0.15) is 5.75 Å². The first-order chi connectivity index (χ1) is 14.0. The topological polar surface area (TPSA) is 70.1 Å². The van der Waals surface area contributed by atoms with Gasteiger partial charge >= 0.3 is 0 Å². The standard InChI is InChI=1S/C23H32N2O4/c1-29-19-6-2-5-18(15-19)22(28)24-13-8-17(9-14-24)21(27)25-12-4-11-23(16-25)10-3-7-20(23)26/h2,5-6,15,17,20,26H,3-4,7-14,16H2,1H3/t20-,23+/m1/s1. The second-order valence-corrected chi connectivity index (χ2v) is 8.93. The van der Waals surface area contributed by atoms with Crippen LogP contribution in [0.5, 0.6) is 5.75 Å². The molecule has 1 saturated carbocycles. The second kappa shape index (κ2) is 8.34. The van der Waals surface area contributed by atoms with E-state index in [1.54, 1.807) is 13.2 Å². The molecule has 3 aliphatic rings. The Bertz CT molecular complexity index is 759. The lowest BCUT2D eigenvalue weighted by molar-refractivity contribution is -0.142. The third-order valence-corrected chi connectivity index (χ3v) is 7.23. The number of methoxy groups -OCH3 is 1. The van der Waals surface area contributed by atoms with Gasteiger partial charge in [0.15, 0.2) is 0 Å². The molecule has 158 valence electrons. The molecule has 2 amide bonds. The zero-order chi connectivity index (χ0) is 20.4. The van der Waals surface area contributed by atoms with E-state index in [4.69, 9.17) is 4.74 Å². The Morgan fingerprint density at radius 3 is 2.52 bits per heavy atom. The van der Waals surface area contributed by atoms with Crippen molar-refractivity contribution >= 4 is 11.8 Å². The molecule has 0 bridgehead atoms. The van der Waals surface area contributed by atoms with Crippen LogP contribution in [0.2, 0.25) is 0 Å². The zero-order valence-corrected chi connectivity index (χ0v) is 17.3. The van der Waals surface area contributed by atoms with E-state index in [1.807, 2.05) is 28.0 Å². The van der Waals surface area contributed by atoms with Crippen molar-refractivity contribution in [2.45, 2.75) is 51.0 Å². The lowest BCUT2D eigenvalue weighted by atomic mass is 9.76. The average Bonchev–Trinajstić information content (AvgIpc) is 3.11. The van der Waals surface area contributed by atoms with Crippen LogP contribution >= 0.6 is 0 Å². The van der Waals surface area contributed by atoms with Gasteiger partial charge in [0, 0.05) is 43.1 Å². The van der Waals surface area contributed by atoms with E-state index >= 15 is 0 Å². The molecule has 1 N–H and O–H groups in total. The molecule has 1 aromatic rings. The Kier molecular flexibility index (Phi) is 5.81. The number of hydrogen-bond donors (Lipinski definition) is 1. The van der Waals surface area contributed by atoms with Crippen LogP contribution in [0.1, 0.15) is 55.3 Å². The third kappa shape index (κ3) is 4.00. The van der Waals surface area contributed by atoms with Crippen molar-refractivity contribution in [1.29, 1.82) is 0 Å². The largest absolute Gasteiger partial charge is 0.497 e. The van der Waals surface area contributed by atoms with Crippen molar-refractivity contribution in [3.8, 4) is 5.75 Å². The molecule has 0 aromatic heterocycles. The second-order valence-electron chi connectivity index (χ2n) is 8.93. The van der Waals surface area contributed by atoms with Gasteiger partial charge in [0.25, 0.3) is 5.91 Å². The summed E-state index contributed by atoms with van der Waals surface area (Å²) in [4.78, 5) is 29.8. The molecule has 1 spiro atoms. The van der Waals surface area contributed by atoms with Gasteiger partial charge in [0.05, 0.1) is 13.2 Å². The molecule has 6 heteroatoms. The van der Waals surface area contributed by atoms with Crippen molar-refractivity contribution in [3.05, 3.63) is 29.8 Å². The van der Waals surface area contributed by atoms with Crippen LogP contribution in [0.3, 0.4) is 0 Å². The normalized spacial score (nSPS) is 28.0. The summed E-state index contributed by atoms with van der Waals surface area (Å²) >= 11 is 0. The van der Waals surface area contributed by atoms with Crippen LogP contribution in [0, 0.1) is 11.3 Å². The minimum Gasteiger partial charge on any atom is -0.497 e. The first-order valence-corrected chi connectivity index (χ1v) is 10.9. The number of likely N-dealkylation sites (tertiary alicyclic amines) is 2. The van der Waals surface area contributed by atoms with Crippen molar-refractivity contribution in [2.75, 3.05) is 33.3 Å². The smallest absolute Gasteiger partial charge is 0.253 e. The molecule has 4 rings (SSSR count). The highest BCUT2D eigenvalue weighted by Gasteiger charge is 2.46. The molecule has 2 saturated heterocycles. The first-order valence-electron chi connectivity index (χ1n) is 10.9. The summed E-state index contributed by atoms with van der Waals surface area (Å²) in [5.74, 6) is 0.879. The Balaban J connectivity index is 1.34. The lowest BCUT2D eigenvalue weighted by Gasteiger charge is -2.44. The number of ether oxygens (including phenoxy) is 1. The number of aliphatic hydroxyl groups excluding tert-OH is 1. The molecule has 3 fully saturated rings. The number of hydrogen-bond acceptors (Lipinski definition) is 4. The van der Waals surface area contributed by atoms with Gasteiger partial charge in [-0.15, -0.1) is 0 Å². The number of aliphatic hydroxyl groups is 1. The highest BCUT2D eigenvalue weighted by Crippen LogP contribution is 2.45. The third-order valence-electron chi connectivity index (χ3n) is 7.23. The van der Waals surface area contributed by atoms with Crippen LogP contribution in [-0.2, 0) is 4.79 Å². The fourth-order valence-corrected chi connectivity index (χ4v) is 5.47. The number of nitrogens with zero attached hydrogens (tertiary/aromatic N) is 2. The average molecular weight is 401 g/mol. The SMILES string of the molecule is COc1cccc(C(=O)N2CCC(C(=O)N3CCC[C@@]4(CCC[C@H]4O)C3)CC2)c1. The molecule has 1 aliphatic carbocycles. The van der Waals surface area contributed by atoms with Gasteiger partial charge in [-0.2, -0.15) is 0 Å². The number of benzene rings is 1. The van der Waals surface area contributed by atoms with E-state index in [2.05, 4.69) is 0 Å². The first kappa shape index (κ1) is 20.2. The molecule has 0 radical (unpaired) electrons. The highest BCUT2D eigenvalue weighted by atomic mass is 16.5. The van der Waals surface area contributed by atoms with E-state index < -0.39 is 0 Å². The zero-order valence-electron chi connectivity index (χ0n) is 17.3. The molecule has 1 aromatic carbocycles. The Hall–Kier alpha value is -2.08. The predicted octanol–water partition coefficient (Wildman–Crippen LogP) is 2.70. The molecule has 2 aliphatic heterocycles. The van der Waals surface area contributed by atoms with Gasteiger partial charge in [-0.1, -0.05) is 12.5 Å². The lowest BCUT2D eigenvalue weighted by Crippen LogP contribution is -2.52. The molecule has 2 heterocycles. The van der Waals surface area contributed by atoms with E-state index in [1.165, 1.54) is 0 Å². The van der Waals surface area contributed by atoms with Crippen LogP contribution < -0.4 is 4.74 Å². The molecular formula is C23H32N2O4. The molecule has 0 unspecified atom stereocenters. The fraction of sp³-hybridized carbons (Fsp3) is 0.652. The van der Waals surface area contributed by atoms with Crippen LogP contribution in [0.25, 0.3) is 0 Å². The van der Waals surface area contributed by atoms with Crippen molar-refractivity contribution < 1.29 is 19.4 Å². The van der Waals surface area contributed by atoms with E-state index in [0.717, 1.165) is 38.6 Å². The number of carbonyl (C=O) groups excluding carboxylic acids is 2. The summed E-state index contributed by atoms with van der Waals surface area (Å²) in [7, 11) is 1.59. The Morgan fingerprint density at radius 1 is 1.07 bits per heavy atom. The molecular weight excluding hydrogens is 368 g/mol. The maximum atomic E-state index is 13.2. The maximum absolute atomic E-state index is 13.2. The number of rotatable bonds is 3. The summed E-state index contributed by atoms with van der Waals surface area (Å²) in [6, 6.07) is 7.22. The van der Waals surface area contributed by atoms with Crippen molar-refractivity contribution in [2.24, 2.45) is 11.3 Å². The van der Waals surface area contributed by atoms with Gasteiger partial charge in [0.2, 0.25) is 5.91 Å². The predicted molar refractivity (Wildman–Crippen MR) is 110 cm³/mol. The van der Waals surface area contributed by atoms with E-state index in [9.17, 15) is 14.7 Å². The Labute approximate surface area is 172 Å². The number of amides is 2. The molecule has 29 heavy (non-hydrogen) atoms. The minimum absolute atomic E-state index is 0.000743. The van der Waals surface area contributed by atoms with E-state index in [-0.39, 0.29) is 29.3 Å². The van der Waals surface area contributed by atoms with Crippen LogP contribution in [0.4, 0.5) is 0 Å². The summed E-state index contributed by atoms with van der Waals surface area (Å²) in [5.41, 5.74) is 0.555. The van der Waals surface area contributed by atoms with Gasteiger partial charge < -0.3 is 19.6 Å². The van der Waals surface area contributed by atoms with Crippen LogP contribution in [-0.4, -0.2) is 66.1 Å². The van der Waals surface area contributed by atoms with E-state index in [0.29, 0.717) is 43.8 Å². The summed E-state index contributed by atoms with van der Waals surface area (Å²) in [5, 5.41) is 10.5. The maximum Gasteiger partial charge on any atom is 0.253 e. The van der Waals surface area contributed by atoms with Crippen molar-refractivity contribution in [3.63, 3.8) is 0 Å². The Morgan fingerprint density at radius 2 is 1.83 bits per heavy atom. The van der Waals surface area contributed by atoms with Crippen molar-refractivity contribution in [1.82, 2.24) is 9.80 Å². The summed E-state index contributed by atoms with van der Waals surface area (Å²) in [6.07, 6.45) is 6.13. The fourth-order valence-electron chi connectivity index (χ4n) is 5.47. The summed E-state index contributed by atoms with van der Waals surface area (Å²) < 4.78 is 5.22. The molecule has 6 nitrogen and oxygen atoms in total. The highest BCUT2D eigenvalue weighted by molar-refractivity contribution is 5.94. The van der Waals surface area contributed by atoms with Gasteiger partial charge in [-0.3, -0.25) is 9.59 Å². The quantitative estimate of drug-likeness (QED) is 0.847.